The summed E-state index contributed by atoms with van der Waals surface area (Å²) in [5.74, 6) is -0.624. The molecule has 1 aliphatic heterocycles. The van der Waals surface area contributed by atoms with Crippen LogP contribution in [0.5, 0.6) is 0 Å². The Morgan fingerprint density at radius 1 is 1.00 bits per heavy atom. The van der Waals surface area contributed by atoms with Gasteiger partial charge in [-0.05, 0) is 66.6 Å². The number of morpholine rings is 1. The quantitative estimate of drug-likeness (QED) is 0.401. The third-order valence-corrected chi connectivity index (χ3v) is 8.33. The number of hydrogen-bond acceptors (Lipinski definition) is 5. The molecule has 2 fully saturated rings. The molecule has 2 aliphatic rings. The molecule has 2 aromatic carbocycles. The lowest BCUT2D eigenvalue weighted by molar-refractivity contribution is -0.118. The summed E-state index contributed by atoms with van der Waals surface area (Å²) in [6, 6.07) is 19.9. The molecule has 2 heterocycles. The van der Waals surface area contributed by atoms with Gasteiger partial charge in [-0.15, -0.1) is 11.3 Å². The minimum atomic E-state index is -0.831. The molecule has 0 bridgehead atoms. The zero-order chi connectivity index (χ0) is 25.0. The number of nitrogens with zero attached hydrogens (tertiary/aromatic N) is 1. The fraction of sp³-hybridized carbons (Fsp3) is 0.357. The van der Waals surface area contributed by atoms with Crippen LogP contribution in [0.4, 0.5) is 5.69 Å². The molecule has 1 saturated carbocycles. The molecule has 3 aromatic rings. The largest absolute Gasteiger partial charge is 0.379 e. The van der Waals surface area contributed by atoms with Gasteiger partial charge in [0.1, 0.15) is 6.04 Å². The number of rotatable bonds is 9. The van der Waals surface area contributed by atoms with E-state index in [0.29, 0.717) is 20.5 Å². The maximum absolute atomic E-state index is 13.3. The number of nitrogens with one attached hydrogen (secondary N) is 2. The second-order valence-corrected chi connectivity index (χ2v) is 11.2. The van der Waals surface area contributed by atoms with Crippen molar-refractivity contribution in [2.45, 2.75) is 30.7 Å². The average Bonchev–Trinajstić information content (AvgIpc) is 3.58. The van der Waals surface area contributed by atoms with E-state index in [4.69, 9.17) is 16.3 Å². The highest BCUT2D eigenvalue weighted by Crippen LogP contribution is 2.51. The first-order valence-corrected chi connectivity index (χ1v) is 13.5. The van der Waals surface area contributed by atoms with Gasteiger partial charge in [0.05, 0.1) is 22.4 Å². The first kappa shape index (κ1) is 25.0. The van der Waals surface area contributed by atoms with Gasteiger partial charge < -0.3 is 15.4 Å². The van der Waals surface area contributed by atoms with Crippen LogP contribution in [0.2, 0.25) is 4.34 Å². The van der Waals surface area contributed by atoms with Crippen LogP contribution in [0.1, 0.15) is 46.1 Å². The lowest BCUT2D eigenvalue weighted by Gasteiger charge is -2.28. The van der Waals surface area contributed by atoms with Gasteiger partial charge in [0.25, 0.3) is 11.8 Å². The van der Waals surface area contributed by atoms with Crippen LogP contribution in [-0.4, -0.2) is 49.6 Å². The van der Waals surface area contributed by atoms with Gasteiger partial charge in [-0.3, -0.25) is 14.5 Å². The molecule has 5 rings (SSSR count). The summed E-state index contributed by atoms with van der Waals surface area (Å²) in [4.78, 5) is 29.0. The number of benzene rings is 2. The fourth-order valence-electron chi connectivity index (χ4n) is 4.74. The van der Waals surface area contributed by atoms with Gasteiger partial charge in [-0.25, -0.2) is 0 Å². The number of carbonyl (C=O) groups excluding carboxylic acids is 2. The fourth-order valence-corrected chi connectivity index (χ4v) is 5.68. The van der Waals surface area contributed by atoms with E-state index in [2.05, 4.69) is 27.7 Å². The Bertz CT molecular complexity index is 1190. The van der Waals surface area contributed by atoms with Crippen LogP contribution < -0.4 is 10.6 Å². The average molecular weight is 524 g/mol. The van der Waals surface area contributed by atoms with Gasteiger partial charge in [-0.2, -0.15) is 0 Å². The highest BCUT2D eigenvalue weighted by atomic mass is 35.5. The summed E-state index contributed by atoms with van der Waals surface area (Å²) in [6.45, 7) is 4.77. The van der Waals surface area contributed by atoms with Crippen LogP contribution in [0.3, 0.4) is 0 Å². The van der Waals surface area contributed by atoms with E-state index in [-0.39, 0.29) is 17.2 Å². The molecule has 2 N–H and O–H groups in total. The van der Waals surface area contributed by atoms with E-state index < -0.39 is 6.04 Å². The summed E-state index contributed by atoms with van der Waals surface area (Å²) < 4.78 is 5.99. The van der Waals surface area contributed by atoms with Gasteiger partial charge in [0.15, 0.2) is 0 Å². The summed E-state index contributed by atoms with van der Waals surface area (Å²) >= 11 is 7.17. The zero-order valence-corrected chi connectivity index (χ0v) is 21.6. The van der Waals surface area contributed by atoms with Crippen LogP contribution in [0, 0.1) is 0 Å². The summed E-state index contributed by atoms with van der Waals surface area (Å²) in [6.07, 6.45) is 3.56. The van der Waals surface area contributed by atoms with Crippen molar-refractivity contribution in [3.05, 3.63) is 87.1 Å². The van der Waals surface area contributed by atoms with Gasteiger partial charge in [0.2, 0.25) is 0 Å². The van der Waals surface area contributed by atoms with Crippen molar-refractivity contribution in [1.29, 1.82) is 0 Å². The Hall–Kier alpha value is -2.71. The molecular weight excluding hydrogens is 494 g/mol. The minimum absolute atomic E-state index is 0.253. The van der Waals surface area contributed by atoms with E-state index in [1.54, 1.807) is 12.1 Å². The molecular formula is C28H30ClN3O3S. The molecule has 1 atom stereocenters. The number of hydrogen-bond donors (Lipinski definition) is 2. The van der Waals surface area contributed by atoms with Crippen molar-refractivity contribution in [3.63, 3.8) is 0 Å². The molecule has 1 aliphatic carbocycles. The second kappa shape index (κ2) is 11.1. The number of ether oxygens (including phenoxy) is 1. The number of anilines is 1. The molecule has 36 heavy (non-hydrogen) atoms. The molecule has 6 nitrogen and oxygen atoms in total. The Balaban J connectivity index is 1.24. The van der Waals surface area contributed by atoms with Crippen LogP contribution in [0.25, 0.3) is 0 Å². The number of thiophene rings is 1. The highest BCUT2D eigenvalue weighted by molar-refractivity contribution is 7.18. The number of amides is 2. The monoisotopic (exact) mass is 523 g/mol. The van der Waals surface area contributed by atoms with Crippen molar-refractivity contribution in [1.82, 2.24) is 10.2 Å². The van der Waals surface area contributed by atoms with Gasteiger partial charge >= 0.3 is 0 Å². The van der Waals surface area contributed by atoms with E-state index >= 15 is 0 Å². The van der Waals surface area contributed by atoms with Crippen LogP contribution >= 0.6 is 22.9 Å². The standard InChI is InChI=1S/C28H30ClN3O3S/c29-24-11-10-23(36-24)26(33)31-25(20-4-2-1-3-5-20)27(34)30-22-8-6-21(7-9-22)28(12-13-28)14-15-32-16-18-35-19-17-32/h1-11,25H,12-19H2,(H,30,34)(H,31,33). The third kappa shape index (κ3) is 5.98. The smallest absolute Gasteiger partial charge is 0.262 e. The molecule has 0 radical (unpaired) electrons. The molecule has 188 valence electrons. The molecule has 2 amide bonds. The van der Waals surface area contributed by atoms with E-state index in [9.17, 15) is 9.59 Å². The first-order chi connectivity index (χ1) is 17.5. The van der Waals surface area contributed by atoms with E-state index in [0.717, 1.165) is 39.3 Å². The van der Waals surface area contributed by atoms with Crippen LogP contribution in [0.15, 0.2) is 66.7 Å². The summed E-state index contributed by atoms with van der Waals surface area (Å²) in [5, 5.41) is 5.85. The number of carbonyl (C=O) groups is 2. The second-order valence-electron chi connectivity index (χ2n) is 9.47. The van der Waals surface area contributed by atoms with Crippen molar-refractivity contribution in [2.75, 3.05) is 38.2 Å². The highest BCUT2D eigenvalue weighted by Gasteiger charge is 2.43. The zero-order valence-electron chi connectivity index (χ0n) is 20.0. The minimum Gasteiger partial charge on any atom is -0.379 e. The SMILES string of the molecule is O=C(NC(C(=O)Nc1ccc(C2(CCN3CCOCC3)CC2)cc1)c1ccccc1)c1ccc(Cl)s1. The normalized spacial score (nSPS) is 17.8. The molecule has 8 heteroatoms. The van der Waals surface area contributed by atoms with E-state index in [1.807, 2.05) is 42.5 Å². The molecule has 0 spiro atoms. The van der Waals surface area contributed by atoms with Crippen molar-refractivity contribution < 1.29 is 14.3 Å². The van der Waals surface area contributed by atoms with Gasteiger partial charge in [0, 0.05) is 18.8 Å². The summed E-state index contributed by atoms with van der Waals surface area (Å²) in [7, 11) is 0. The van der Waals surface area contributed by atoms with E-state index in [1.165, 1.54) is 29.7 Å². The third-order valence-electron chi connectivity index (χ3n) is 7.10. The van der Waals surface area contributed by atoms with Crippen molar-refractivity contribution >= 4 is 40.4 Å². The summed E-state index contributed by atoms with van der Waals surface area (Å²) in [5.41, 5.74) is 3.00. The Kier molecular flexibility index (Phi) is 7.72. The van der Waals surface area contributed by atoms with Crippen molar-refractivity contribution in [3.8, 4) is 0 Å². The molecule has 1 aromatic heterocycles. The lowest BCUT2D eigenvalue weighted by Crippen LogP contribution is -2.37. The predicted molar refractivity (Wildman–Crippen MR) is 144 cm³/mol. The lowest BCUT2D eigenvalue weighted by atomic mass is 9.92. The Morgan fingerprint density at radius 2 is 1.72 bits per heavy atom. The maximum atomic E-state index is 13.3. The predicted octanol–water partition coefficient (Wildman–Crippen LogP) is 5.27. The van der Waals surface area contributed by atoms with Gasteiger partial charge in [-0.1, -0.05) is 54.1 Å². The topological polar surface area (TPSA) is 70.7 Å². The first-order valence-electron chi connectivity index (χ1n) is 12.4. The Labute approximate surface area is 220 Å². The van der Waals surface area contributed by atoms with Crippen LogP contribution in [-0.2, 0) is 14.9 Å². The maximum Gasteiger partial charge on any atom is 0.262 e. The number of halogens is 1. The van der Waals surface area contributed by atoms with Crippen molar-refractivity contribution in [2.24, 2.45) is 0 Å². The molecule has 1 saturated heterocycles. The Morgan fingerprint density at radius 3 is 2.36 bits per heavy atom. The molecule has 1 unspecified atom stereocenters.